The van der Waals surface area contributed by atoms with Gasteiger partial charge in [-0.15, -0.1) is 0 Å². The van der Waals surface area contributed by atoms with Crippen molar-refractivity contribution in [2.24, 2.45) is 0 Å². The van der Waals surface area contributed by atoms with Crippen LogP contribution < -0.4 is 21.3 Å². The first-order valence-corrected chi connectivity index (χ1v) is 25.0. The number of esters is 3. The molecule has 0 saturated carbocycles. The van der Waals surface area contributed by atoms with Gasteiger partial charge in [0.2, 0.25) is 0 Å². The molecule has 4 amide bonds. The number of hydrogen-bond acceptors (Lipinski definition) is 14. The zero-order valence-corrected chi connectivity index (χ0v) is 46.6. The summed E-state index contributed by atoms with van der Waals surface area (Å²) in [6, 6.07) is -3.52. The van der Waals surface area contributed by atoms with Crippen LogP contribution in [0.2, 0.25) is 0 Å². The van der Waals surface area contributed by atoms with Crippen LogP contribution in [0.4, 0.5) is 14.4 Å². The Morgan fingerprint density at radius 2 is 0.861 bits per heavy atom. The Labute approximate surface area is 427 Å². The average molecular weight is 1020 g/mol. The Balaban J connectivity index is 4.00. The zero-order chi connectivity index (χ0) is 55.6. The van der Waals surface area contributed by atoms with Gasteiger partial charge in [-0.3, -0.25) is 9.59 Å². The van der Waals surface area contributed by atoms with Gasteiger partial charge in [-0.1, -0.05) is 6.42 Å². The number of amides is 4. The number of carbonyl (C=O) groups is 8. The number of carboxylic acid groups (broad SMARTS) is 1. The lowest BCUT2D eigenvalue weighted by Gasteiger charge is -2.27. The number of nitrogens with one attached hydrogen (secondary N) is 4. The maximum Gasteiger partial charge on any atom is 0.408 e. The Hall–Kier alpha value is -5.56. The topological polar surface area (TPSA) is 265 Å². The van der Waals surface area contributed by atoms with Gasteiger partial charge in [-0.2, -0.15) is 0 Å². The smallest absolute Gasteiger partial charge is 0.408 e. The fourth-order valence-corrected chi connectivity index (χ4v) is 6.89. The molecule has 5 N–H and O–H groups in total. The van der Waals surface area contributed by atoms with Gasteiger partial charge < -0.3 is 59.4 Å². The molecule has 0 saturated heterocycles. The van der Waals surface area contributed by atoms with Crippen LogP contribution in [0.5, 0.6) is 0 Å². The molecule has 0 unspecified atom stereocenters. The SMILES string of the molecule is CC(C)(C)OC(=O)N[C@@H](CCCCn1cc(CC[C@H](NC(=O)OC(C)(C)C)C(=O)OC(C)(C)C)c(CC[C@H](NC(=O)OC(C)(C)C)C(=O)OC(C)(C)C)c1C(=O)NCCCCCC(=O)O)C(=O)OC(C)(C)C. The molecule has 1 aromatic rings. The molecule has 0 spiro atoms. The highest BCUT2D eigenvalue weighted by molar-refractivity contribution is 5.95. The highest BCUT2D eigenvalue weighted by Gasteiger charge is 2.34. The fraction of sp³-hybridized carbons (Fsp3) is 0.769. The molecule has 0 fully saturated rings. The van der Waals surface area contributed by atoms with E-state index in [4.69, 9.17) is 33.5 Å². The molecule has 72 heavy (non-hydrogen) atoms. The van der Waals surface area contributed by atoms with Crippen LogP contribution in [0, 0.1) is 0 Å². The van der Waals surface area contributed by atoms with Crippen molar-refractivity contribution in [2.45, 2.75) is 254 Å². The summed E-state index contributed by atoms with van der Waals surface area (Å²) in [5.74, 6) is -3.53. The van der Waals surface area contributed by atoms with Crippen molar-refractivity contribution >= 4 is 48.1 Å². The number of alkyl carbamates (subject to hydrolysis) is 3. The summed E-state index contributed by atoms with van der Waals surface area (Å²) < 4.78 is 35.2. The van der Waals surface area contributed by atoms with E-state index < -0.39 is 99.8 Å². The highest BCUT2D eigenvalue weighted by atomic mass is 16.6. The third-order valence-corrected chi connectivity index (χ3v) is 9.51. The van der Waals surface area contributed by atoms with Crippen molar-refractivity contribution in [3.63, 3.8) is 0 Å². The molecule has 1 heterocycles. The van der Waals surface area contributed by atoms with Crippen LogP contribution in [-0.4, -0.2) is 116 Å². The Bertz CT molecular complexity index is 1990. The molecule has 0 aliphatic carbocycles. The number of hydrogen-bond donors (Lipinski definition) is 5. The minimum absolute atomic E-state index is 0.0144. The molecule has 0 aliphatic heterocycles. The van der Waals surface area contributed by atoms with Crippen LogP contribution in [0.25, 0.3) is 0 Å². The van der Waals surface area contributed by atoms with Crippen LogP contribution in [0.15, 0.2) is 6.20 Å². The predicted molar refractivity (Wildman–Crippen MR) is 270 cm³/mol. The summed E-state index contributed by atoms with van der Waals surface area (Å²) in [7, 11) is 0. The third-order valence-electron chi connectivity index (χ3n) is 9.51. The van der Waals surface area contributed by atoms with E-state index in [2.05, 4.69) is 21.3 Å². The molecule has 412 valence electrons. The van der Waals surface area contributed by atoms with Gasteiger partial charge in [0.15, 0.2) is 0 Å². The number of nitrogens with zero attached hydrogens (tertiary/aromatic N) is 1. The first kappa shape index (κ1) is 64.5. The van der Waals surface area contributed by atoms with Crippen LogP contribution in [-0.2, 0) is 67.0 Å². The van der Waals surface area contributed by atoms with E-state index in [0.717, 1.165) is 0 Å². The largest absolute Gasteiger partial charge is 0.481 e. The highest BCUT2D eigenvalue weighted by Crippen LogP contribution is 2.26. The van der Waals surface area contributed by atoms with Crippen molar-refractivity contribution in [3.8, 4) is 0 Å². The number of rotatable bonds is 24. The maximum absolute atomic E-state index is 14.5. The number of carbonyl (C=O) groups excluding carboxylic acids is 7. The molecule has 1 rings (SSSR count). The molecule has 3 atom stereocenters. The first-order valence-electron chi connectivity index (χ1n) is 25.0. The summed E-state index contributed by atoms with van der Waals surface area (Å²) >= 11 is 0. The first-order chi connectivity index (χ1) is 32.6. The Morgan fingerprint density at radius 1 is 0.486 bits per heavy atom. The van der Waals surface area contributed by atoms with Crippen molar-refractivity contribution in [1.29, 1.82) is 0 Å². The van der Waals surface area contributed by atoms with Gasteiger partial charge in [0, 0.05) is 25.7 Å². The molecule has 0 bridgehead atoms. The molecule has 1 aromatic heterocycles. The van der Waals surface area contributed by atoms with E-state index in [9.17, 15) is 38.4 Å². The van der Waals surface area contributed by atoms with Gasteiger partial charge in [0.1, 0.15) is 57.4 Å². The van der Waals surface area contributed by atoms with E-state index in [1.54, 1.807) is 135 Å². The zero-order valence-electron chi connectivity index (χ0n) is 46.6. The van der Waals surface area contributed by atoms with Gasteiger partial charge >= 0.3 is 42.2 Å². The molecular weight excluding hydrogens is 935 g/mol. The Morgan fingerprint density at radius 3 is 1.24 bits per heavy atom. The van der Waals surface area contributed by atoms with Gasteiger partial charge in [-0.05, 0) is 194 Å². The van der Waals surface area contributed by atoms with E-state index >= 15 is 0 Å². The van der Waals surface area contributed by atoms with Crippen molar-refractivity contribution < 1.29 is 71.9 Å². The van der Waals surface area contributed by atoms with E-state index in [1.165, 1.54) is 0 Å². The van der Waals surface area contributed by atoms with Crippen LogP contribution in [0.3, 0.4) is 0 Å². The van der Waals surface area contributed by atoms with Gasteiger partial charge in [0.25, 0.3) is 5.91 Å². The van der Waals surface area contributed by atoms with Crippen LogP contribution in [0.1, 0.15) is 204 Å². The summed E-state index contributed by atoms with van der Waals surface area (Å²) in [5, 5.41) is 20.0. The quantitative estimate of drug-likeness (QED) is 0.0369. The van der Waals surface area contributed by atoms with E-state index in [1.807, 2.05) is 0 Å². The molecule has 20 heteroatoms. The maximum atomic E-state index is 14.5. The fourth-order valence-electron chi connectivity index (χ4n) is 6.89. The van der Waals surface area contributed by atoms with Crippen molar-refractivity contribution in [3.05, 3.63) is 23.0 Å². The van der Waals surface area contributed by atoms with E-state index in [0.29, 0.717) is 43.2 Å². The number of aromatic nitrogens is 1. The molecule has 0 aromatic carbocycles. The number of unbranched alkanes of at least 4 members (excludes halogenated alkanes) is 3. The monoisotopic (exact) mass is 1020 g/mol. The molecular formula is C52H89N5O15. The Kier molecular flexibility index (Phi) is 24.6. The number of aryl methyl sites for hydroxylation is 2. The second-order valence-electron chi connectivity index (χ2n) is 23.9. The average Bonchev–Trinajstić information content (AvgIpc) is 3.49. The minimum Gasteiger partial charge on any atom is -0.481 e. The molecule has 0 aliphatic rings. The molecule has 0 radical (unpaired) electrons. The third kappa shape index (κ3) is 29.1. The number of carboxylic acids is 1. The standard InChI is InChI=1S/C52H89N5O15/c1-47(2,3)67-41(61)35(54-44(64)70-50(10,11)12)24-21-23-31-57-32-33(26-28-36(42(62)68-48(4,5)6)55-45(65)71-51(13,14)15)34(39(57)40(60)53-30-22-19-20-25-38(58)59)27-29-37(43(63)69-49(7,8)9)56-46(66)72-52(16,17)18/h32,35-37H,19-31H2,1-18H3,(H,53,60)(H,54,64)(H,55,65)(H,56,66)(H,58,59)/t35-,36-,37-/m0/s1. The summed E-state index contributed by atoms with van der Waals surface area (Å²) in [4.78, 5) is 106. The second kappa shape index (κ2) is 27.5. The predicted octanol–water partition coefficient (Wildman–Crippen LogP) is 8.60. The lowest BCUT2D eigenvalue weighted by atomic mass is 9.97. The minimum atomic E-state index is -1.24. The van der Waals surface area contributed by atoms with Gasteiger partial charge in [0.05, 0.1) is 0 Å². The number of ether oxygens (including phenoxy) is 6. The summed E-state index contributed by atoms with van der Waals surface area (Å²) in [6.45, 7) is 30.9. The van der Waals surface area contributed by atoms with Crippen LogP contribution >= 0.6 is 0 Å². The second-order valence-corrected chi connectivity index (χ2v) is 23.9. The molecule has 20 nitrogen and oxygen atoms in total. The van der Waals surface area contributed by atoms with Crippen molar-refractivity contribution in [1.82, 2.24) is 25.8 Å². The summed E-state index contributed by atoms with van der Waals surface area (Å²) in [5.41, 5.74) is -4.07. The number of aliphatic carboxylic acids is 1. The lowest BCUT2D eigenvalue weighted by molar-refractivity contribution is -0.158. The van der Waals surface area contributed by atoms with Crippen molar-refractivity contribution in [2.75, 3.05) is 6.54 Å². The normalized spacial score (nSPS) is 13.6. The lowest BCUT2D eigenvalue weighted by Crippen LogP contribution is -2.46. The van der Waals surface area contributed by atoms with E-state index in [-0.39, 0.29) is 57.3 Å². The van der Waals surface area contributed by atoms with Gasteiger partial charge in [-0.25, -0.2) is 28.8 Å². The summed E-state index contributed by atoms with van der Waals surface area (Å²) in [6.07, 6.45) is 1.55.